The largest absolute Gasteiger partial charge is 0.497 e. The molecule has 0 aliphatic heterocycles. The lowest BCUT2D eigenvalue weighted by Crippen LogP contribution is -2.22. The van der Waals surface area contributed by atoms with E-state index in [0.29, 0.717) is 33.4 Å². The molecule has 0 saturated carbocycles. The first-order valence-electron chi connectivity index (χ1n) is 10.6. The van der Waals surface area contributed by atoms with Crippen molar-refractivity contribution in [3.8, 4) is 11.4 Å². The van der Waals surface area contributed by atoms with Crippen molar-refractivity contribution in [1.29, 1.82) is 0 Å². The van der Waals surface area contributed by atoms with E-state index in [1.807, 2.05) is 49.4 Å². The van der Waals surface area contributed by atoms with Gasteiger partial charge in [0, 0.05) is 11.1 Å². The minimum Gasteiger partial charge on any atom is -0.497 e. The molecule has 0 aliphatic carbocycles. The average molecular weight is 472 g/mol. The Hall–Kier alpha value is -4.04. The van der Waals surface area contributed by atoms with Crippen LogP contribution in [0.4, 0.5) is 5.69 Å². The Kier molecular flexibility index (Phi) is 5.81. The standard InChI is InChI=1S/C26H21N3O4S/c1-16-7-9-17(10-8-16)27-22(30)15-34-26-28-23-20-5-3-4-6-21(20)33-24(23)25(31)29(26)18-11-13-19(32-2)14-12-18/h3-14H,15H2,1-2H3,(H,27,30). The molecule has 8 heteroatoms. The van der Waals surface area contributed by atoms with Crippen LogP contribution < -0.4 is 15.6 Å². The van der Waals surface area contributed by atoms with Crippen LogP contribution in [0.3, 0.4) is 0 Å². The highest BCUT2D eigenvalue weighted by molar-refractivity contribution is 7.99. The Balaban J connectivity index is 1.55. The van der Waals surface area contributed by atoms with Crippen molar-refractivity contribution in [2.75, 3.05) is 18.2 Å². The first-order valence-corrected chi connectivity index (χ1v) is 11.6. The van der Waals surface area contributed by atoms with Gasteiger partial charge in [-0.15, -0.1) is 0 Å². The van der Waals surface area contributed by atoms with Crippen molar-refractivity contribution in [2.45, 2.75) is 12.1 Å². The number of nitrogens with zero attached hydrogens (tertiary/aromatic N) is 2. The number of benzene rings is 3. The maximum atomic E-state index is 13.5. The molecule has 7 nitrogen and oxygen atoms in total. The predicted octanol–water partition coefficient (Wildman–Crippen LogP) is 5.18. The Morgan fingerprint density at radius 1 is 1.06 bits per heavy atom. The fraction of sp³-hybridized carbons (Fsp3) is 0.115. The smallest absolute Gasteiger partial charge is 0.302 e. The molecule has 0 fully saturated rings. The average Bonchev–Trinajstić information content (AvgIpc) is 3.23. The predicted molar refractivity (Wildman–Crippen MR) is 134 cm³/mol. The molecule has 0 spiro atoms. The highest BCUT2D eigenvalue weighted by Crippen LogP contribution is 2.29. The Morgan fingerprint density at radius 3 is 2.53 bits per heavy atom. The fourth-order valence-electron chi connectivity index (χ4n) is 3.64. The molecule has 0 atom stereocenters. The number of rotatable bonds is 6. The summed E-state index contributed by atoms with van der Waals surface area (Å²) < 4.78 is 12.6. The molecule has 1 N–H and O–H groups in total. The number of furan rings is 1. The number of ether oxygens (including phenoxy) is 1. The van der Waals surface area contributed by atoms with Crippen molar-refractivity contribution in [1.82, 2.24) is 9.55 Å². The van der Waals surface area contributed by atoms with E-state index in [1.54, 1.807) is 37.4 Å². The number of carbonyl (C=O) groups excluding carboxylic acids is 1. The van der Waals surface area contributed by atoms with Gasteiger partial charge in [-0.2, -0.15) is 0 Å². The van der Waals surface area contributed by atoms with Gasteiger partial charge in [0.05, 0.1) is 18.6 Å². The molecule has 0 saturated heterocycles. The number of fused-ring (bicyclic) bond motifs is 3. The summed E-state index contributed by atoms with van der Waals surface area (Å²) in [5, 5.41) is 4.03. The normalized spacial score (nSPS) is 11.1. The third-order valence-electron chi connectivity index (χ3n) is 5.36. The summed E-state index contributed by atoms with van der Waals surface area (Å²) in [6, 6.07) is 22.0. The van der Waals surface area contributed by atoms with E-state index < -0.39 is 0 Å². The van der Waals surface area contributed by atoms with E-state index in [1.165, 1.54) is 16.3 Å². The topological polar surface area (TPSA) is 86.4 Å². The third-order valence-corrected chi connectivity index (χ3v) is 6.30. The lowest BCUT2D eigenvalue weighted by Gasteiger charge is -2.12. The van der Waals surface area contributed by atoms with Crippen molar-refractivity contribution in [2.24, 2.45) is 0 Å². The van der Waals surface area contributed by atoms with Crippen molar-refractivity contribution in [3.63, 3.8) is 0 Å². The Bertz CT molecular complexity index is 1550. The highest BCUT2D eigenvalue weighted by atomic mass is 32.2. The van der Waals surface area contributed by atoms with Crippen LogP contribution in [0.5, 0.6) is 5.75 Å². The molecule has 5 rings (SSSR count). The molecular weight excluding hydrogens is 450 g/mol. The van der Waals surface area contributed by atoms with Crippen LogP contribution >= 0.6 is 11.8 Å². The first kappa shape index (κ1) is 21.8. The molecule has 34 heavy (non-hydrogen) atoms. The van der Waals surface area contributed by atoms with Crippen LogP contribution in [-0.4, -0.2) is 28.3 Å². The van der Waals surface area contributed by atoms with Gasteiger partial charge >= 0.3 is 5.56 Å². The van der Waals surface area contributed by atoms with Crippen LogP contribution in [0.2, 0.25) is 0 Å². The molecule has 5 aromatic rings. The van der Waals surface area contributed by atoms with Crippen molar-refractivity contribution in [3.05, 3.63) is 88.7 Å². The van der Waals surface area contributed by atoms with Gasteiger partial charge in [-0.3, -0.25) is 14.2 Å². The number of thioether (sulfide) groups is 1. The molecule has 0 radical (unpaired) electrons. The number of hydrogen-bond acceptors (Lipinski definition) is 6. The maximum absolute atomic E-state index is 13.5. The molecule has 3 aromatic carbocycles. The summed E-state index contributed by atoms with van der Waals surface area (Å²) in [5.41, 5.74) is 3.32. The number of hydrogen-bond donors (Lipinski definition) is 1. The van der Waals surface area contributed by atoms with Gasteiger partial charge in [0.25, 0.3) is 0 Å². The minimum atomic E-state index is -0.340. The van der Waals surface area contributed by atoms with Gasteiger partial charge in [-0.05, 0) is 55.5 Å². The molecule has 0 unspecified atom stereocenters. The van der Waals surface area contributed by atoms with Crippen LogP contribution in [0.1, 0.15) is 5.56 Å². The van der Waals surface area contributed by atoms with E-state index in [0.717, 1.165) is 10.9 Å². The number of anilines is 1. The first-order chi connectivity index (χ1) is 16.5. The van der Waals surface area contributed by atoms with E-state index in [-0.39, 0.29) is 22.8 Å². The fourth-order valence-corrected chi connectivity index (χ4v) is 4.45. The number of para-hydroxylation sites is 1. The summed E-state index contributed by atoms with van der Waals surface area (Å²) in [4.78, 5) is 30.9. The SMILES string of the molecule is COc1ccc(-n2c(SCC(=O)Nc3ccc(C)cc3)nc3c(oc4ccccc43)c2=O)cc1. The summed E-state index contributed by atoms with van der Waals surface area (Å²) in [6.07, 6.45) is 0. The lowest BCUT2D eigenvalue weighted by molar-refractivity contribution is -0.113. The van der Waals surface area contributed by atoms with E-state index in [9.17, 15) is 9.59 Å². The molecule has 1 amide bonds. The summed E-state index contributed by atoms with van der Waals surface area (Å²) in [6.45, 7) is 1.99. The molecule has 2 aromatic heterocycles. The molecule has 2 heterocycles. The number of aromatic nitrogens is 2. The molecule has 0 aliphatic rings. The highest BCUT2D eigenvalue weighted by Gasteiger charge is 2.19. The van der Waals surface area contributed by atoms with Gasteiger partial charge in [0.2, 0.25) is 11.5 Å². The number of nitrogens with one attached hydrogen (secondary N) is 1. The van der Waals surface area contributed by atoms with Crippen LogP contribution in [-0.2, 0) is 4.79 Å². The summed E-state index contributed by atoms with van der Waals surface area (Å²) >= 11 is 1.19. The second-order valence-corrected chi connectivity index (χ2v) is 8.65. The monoisotopic (exact) mass is 471 g/mol. The maximum Gasteiger partial charge on any atom is 0.302 e. The van der Waals surface area contributed by atoms with E-state index >= 15 is 0 Å². The zero-order valence-electron chi connectivity index (χ0n) is 18.6. The van der Waals surface area contributed by atoms with Crippen molar-refractivity contribution >= 4 is 45.4 Å². The lowest BCUT2D eigenvalue weighted by atomic mass is 10.2. The van der Waals surface area contributed by atoms with Gasteiger partial charge in [-0.1, -0.05) is 41.6 Å². The van der Waals surface area contributed by atoms with Crippen LogP contribution in [0.25, 0.3) is 27.8 Å². The Morgan fingerprint density at radius 2 is 1.79 bits per heavy atom. The minimum absolute atomic E-state index is 0.0811. The van der Waals surface area contributed by atoms with Crippen molar-refractivity contribution < 1.29 is 13.9 Å². The number of carbonyl (C=O) groups is 1. The quantitative estimate of drug-likeness (QED) is 0.271. The molecule has 0 bridgehead atoms. The Labute approximate surface area is 199 Å². The van der Waals surface area contributed by atoms with E-state index in [4.69, 9.17) is 14.1 Å². The third kappa shape index (κ3) is 4.15. The number of methoxy groups -OCH3 is 1. The zero-order valence-corrected chi connectivity index (χ0v) is 19.4. The number of amides is 1. The van der Waals surface area contributed by atoms with Gasteiger partial charge in [0.15, 0.2) is 5.16 Å². The van der Waals surface area contributed by atoms with Crippen LogP contribution in [0, 0.1) is 6.92 Å². The zero-order chi connectivity index (χ0) is 23.7. The van der Waals surface area contributed by atoms with Gasteiger partial charge in [0.1, 0.15) is 16.8 Å². The van der Waals surface area contributed by atoms with E-state index in [2.05, 4.69) is 5.32 Å². The van der Waals surface area contributed by atoms with Gasteiger partial charge in [-0.25, -0.2) is 4.98 Å². The van der Waals surface area contributed by atoms with Gasteiger partial charge < -0.3 is 14.5 Å². The molecular formula is C26H21N3O4S. The second-order valence-electron chi connectivity index (χ2n) is 7.71. The second kappa shape index (κ2) is 9.07. The molecule has 170 valence electrons. The van der Waals surface area contributed by atoms with Crippen LogP contribution in [0.15, 0.2) is 87.2 Å². The number of aryl methyl sites for hydroxylation is 1. The summed E-state index contributed by atoms with van der Waals surface area (Å²) in [7, 11) is 1.58. The summed E-state index contributed by atoms with van der Waals surface area (Å²) in [5.74, 6) is 0.556.